The lowest BCUT2D eigenvalue weighted by Gasteiger charge is -2.21. The number of nitrogens with one attached hydrogen (secondary N) is 1. The normalized spacial score (nSPS) is 11.8. The molecule has 0 fully saturated rings. The average Bonchev–Trinajstić information content (AvgIpc) is 2.34. The molecule has 0 saturated carbocycles. The van der Waals surface area contributed by atoms with Crippen LogP contribution in [0.15, 0.2) is 12.1 Å². The van der Waals surface area contributed by atoms with E-state index < -0.39 is 17.3 Å². The lowest BCUT2D eigenvalue weighted by molar-refractivity contribution is -0.137. The summed E-state index contributed by atoms with van der Waals surface area (Å²) >= 11 is 0. The summed E-state index contributed by atoms with van der Waals surface area (Å²) < 4.78 is 43.8. The van der Waals surface area contributed by atoms with Crippen LogP contribution in [0.25, 0.3) is 0 Å². The Labute approximate surface area is 116 Å². The Morgan fingerprint density at radius 3 is 2.50 bits per heavy atom. The molecule has 0 atom stereocenters. The molecular formula is C14H17F3N2O. The Hall–Kier alpha value is -1.90. The number of anilines is 1. The van der Waals surface area contributed by atoms with E-state index in [0.29, 0.717) is 6.54 Å². The second kappa shape index (κ2) is 6.04. The summed E-state index contributed by atoms with van der Waals surface area (Å²) in [7, 11) is 0. The topological polar surface area (TPSA) is 34.1 Å². The number of terminal acetylenes is 1. The minimum atomic E-state index is -4.47. The van der Waals surface area contributed by atoms with E-state index in [4.69, 9.17) is 11.2 Å². The van der Waals surface area contributed by atoms with Gasteiger partial charge < -0.3 is 10.1 Å². The molecule has 1 heterocycles. The fraction of sp³-hybridized carbons (Fsp3) is 0.500. The van der Waals surface area contributed by atoms with Crippen LogP contribution in [0.5, 0.6) is 5.88 Å². The maximum Gasteiger partial charge on any atom is 0.416 e. The van der Waals surface area contributed by atoms with Gasteiger partial charge in [-0.3, -0.25) is 0 Å². The summed E-state index contributed by atoms with van der Waals surface area (Å²) in [6.45, 7) is 5.58. The molecule has 110 valence electrons. The second-order valence-electron chi connectivity index (χ2n) is 4.76. The Balaban J connectivity index is 3.14. The molecule has 0 amide bonds. The van der Waals surface area contributed by atoms with Crippen molar-refractivity contribution in [1.29, 1.82) is 0 Å². The maximum atomic E-state index is 12.8. The van der Waals surface area contributed by atoms with Gasteiger partial charge >= 0.3 is 6.18 Å². The minimum absolute atomic E-state index is 0.115. The van der Waals surface area contributed by atoms with Gasteiger partial charge in [0.2, 0.25) is 5.88 Å². The van der Waals surface area contributed by atoms with Crippen LogP contribution in [0.4, 0.5) is 19.0 Å². The van der Waals surface area contributed by atoms with Gasteiger partial charge in [0.1, 0.15) is 5.82 Å². The van der Waals surface area contributed by atoms with Crippen molar-refractivity contribution in [2.45, 2.75) is 39.0 Å². The van der Waals surface area contributed by atoms with Gasteiger partial charge in [0, 0.05) is 12.6 Å². The van der Waals surface area contributed by atoms with E-state index in [1.807, 2.05) is 6.92 Å². The van der Waals surface area contributed by atoms with Crippen molar-refractivity contribution in [1.82, 2.24) is 4.98 Å². The highest BCUT2D eigenvalue weighted by Crippen LogP contribution is 2.33. The fourth-order valence-electron chi connectivity index (χ4n) is 1.36. The molecule has 0 aliphatic rings. The molecule has 0 unspecified atom stereocenters. The number of halogens is 3. The van der Waals surface area contributed by atoms with Gasteiger partial charge in [-0.25, -0.2) is 0 Å². The average molecular weight is 286 g/mol. The number of rotatable bonds is 5. The van der Waals surface area contributed by atoms with Crippen LogP contribution in [-0.4, -0.2) is 17.1 Å². The van der Waals surface area contributed by atoms with Crippen molar-refractivity contribution in [2.24, 2.45) is 0 Å². The van der Waals surface area contributed by atoms with Gasteiger partial charge in [0.15, 0.2) is 5.60 Å². The molecule has 1 N–H and O–H groups in total. The lowest BCUT2D eigenvalue weighted by Crippen LogP contribution is -2.26. The highest BCUT2D eigenvalue weighted by molar-refractivity contribution is 5.43. The number of nitrogens with zero attached hydrogens (tertiary/aromatic N) is 1. The summed E-state index contributed by atoms with van der Waals surface area (Å²) in [6.07, 6.45) is 1.56. The molecule has 0 radical (unpaired) electrons. The highest BCUT2D eigenvalue weighted by atomic mass is 19.4. The van der Waals surface area contributed by atoms with E-state index in [2.05, 4.69) is 16.2 Å². The molecule has 6 heteroatoms. The van der Waals surface area contributed by atoms with Crippen molar-refractivity contribution < 1.29 is 17.9 Å². The fourth-order valence-corrected chi connectivity index (χ4v) is 1.36. The Morgan fingerprint density at radius 1 is 1.35 bits per heavy atom. The van der Waals surface area contributed by atoms with Crippen molar-refractivity contribution in [3.8, 4) is 18.2 Å². The summed E-state index contributed by atoms with van der Waals surface area (Å²) in [5.41, 5.74) is -1.85. The number of hydrogen-bond donors (Lipinski definition) is 1. The Morgan fingerprint density at radius 2 is 2.00 bits per heavy atom. The summed E-state index contributed by atoms with van der Waals surface area (Å²) in [5, 5.41) is 2.81. The van der Waals surface area contributed by atoms with E-state index in [1.165, 1.54) is 0 Å². The van der Waals surface area contributed by atoms with Crippen LogP contribution < -0.4 is 10.1 Å². The first kappa shape index (κ1) is 16.2. The first-order valence-corrected chi connectivity index (χ1v) is 6.18. The molecule has 1 aromatic rings. The van der Waals surface area contributed by atoms with E-state index in [0.717, 1.165) is 18.6 Å². The van der Waals surface area contributed by atoms with Crippen molar-refractivity contribution in [2.75, 3.05) is 11.9 Å². The Bertz CT molecular complexity index is 504. The lowest BCUT2D eigenvalue weighted by atomic mass is 10.1. The highest BCUT2D eigenvalue weighted by Gasteiger charge is 2.32. The molecule has 0 aromatic carbocycles. The third-order valence-electron chi connectivity index (χ3n) is 2.39. The maximum absolute atomic E-state index is 12.8. The first-order valence-electron chi connectivity index (χ1n) is 6.18. The van der Waals surface area contributed by atoms with Crippen LogP contribution in [0.2, 0.25) is 0 Å². The van der Waals surface area contributed by atoms with E-state index in [9.17, 15) is 13.2 Å². The SMILES string of the molecule is C#CC(C)(C)Oc1cc(C(F)(F)F)cc(NCCC)n1. The van der Waals surface area contributed by atoms with Crippen LogP contribution >= 0.6 is 0 Å². The van der Waals surface area contributed by atoms with Crippen LogP contribution in [0.1, 0.15) is 32.8 Å². The van der Waals surface area contributed by atoms with E-state index >= 15 is 0 Å². The van der Waals surface area contributed by atoms with Crippen LogP contribution in [0.3, 0.4) is 0 Å². The predicted octanol–water partition coefficient (Wildman–Crippen LogP) is 3.71. The quantitative estimate of drug-likeness (QED) is 0.838. The third-order valence-corrected chi connectivity index (χ3v) is 2.39. The van der Waals surface area contributed by atoms with Crippen LogP contribution in [0, 0.1) is 12.3 Å². The Kier molecular flexibility index (Phi) is 4.88. The first-order chi connectivity index (χ1) is 9.18. The standard InChI is InChI=1S/C14H17F3N2O/c1-5-7-18-11-8-10(14(15,16)17)9-12(19-11)20-13(3,4)6-2/h2,8-9H,5,7H2,1,3-4H3,(H,18,19). The summed E-state index contributed by atoms with van der Waals surface area (Å²) in [4.78, 5) is 3.99. The van der Waals surface area contributed by atoms with Crippen molar-refractivity contribution in [3.63, 3.8) is 0 Å². The smallest absolute Gasteiger partial charge is 0.416 e. The van der Waals surface area contributed by atoms with Crippen LogP contribution in [-0.2, 0) is 6.18 Å². The van der Waals surface area contributed by atoms with Gasteiger partial charge in [0.05, 0.1) is 5.56 Å². The molecule has 1 rings (SSSR count). The summed E-state index contributed by atoms with van der Waals surface area (Å²) in [6, 6.07) is 1.79. The molecule has 0 aliphatic heterocycles. The molecule has 1 aromatic heterocycles. The van der Waals surface area contributed by atoms with Gasteiger partial charge in [0.25, 0.3) is 0 Å². The number of ether oxygens (including phenoxy) is 1. The molecule has 20 heavy (non-hydrogen) atoms. The monoisotopic (exact) mass is 286 g/mol. The van der Waals surface area contributed by atoms with Gasteiger partial charge in [-0.05, 0) is 26.3 Å². The van der Waals surface area contributed by atoms with Crippen molar-refractivity contribution >= 4 is 5.82 Å². The van der Waals surface area contributed by atoms with Gasteiger partial charge in [-0.2, -0.15) is 18.2 Å². The number of hydrogen-bond acceptors (Lipinski definition) is 3. The number of alkyl halides is 3. The van der Waals surface area contributed by atoms with Gasteiger partial charge in [-0.15, -0.1) is 6.42 Å². The number of aromatic nitrogens is 1. The molecule has 3 nitrogen and oxygen atoms in total. The van der Waals surface area contributed by atoms with Gasteiger partial charge in [-0.1, -0.05) is 12.8 Å². The molecule has 0 spiro atoms. The minimum Gasteiger partial charge on any atom is -0.458 e. The molecular weight excluding hydrogens is 269 g/mol. The van der Waals surface area contributed by atoms with Crippen molar-refractivity contribution in [3.05, 3.63) is 17.7 Å². The molecule has 0 bridgehead atoms. The number of pyridine rings is 1. The molecule has 0 saturated heterocycles. The second-order valence-corrected chi connectivity index (χ2v) is 4.76. The predicted molar refractivity (Wildman–Crippen MR) is 71.6 cm³/mol. The molecule has 0 aliphatic carbocycles. The summed E-state index contributed by atoms with van der Waals surface area (Å²) in [5.74, 6) is 2.31. The zero-order chi connectivity index (χ0) is 15.4. The third kappa shape index (κ3) is 4.65. The largest absolute Gasteiger partial charge is 0.458 e. The zero-order valence-electron chi connectivity index (χ0n) is 11.6. The van der Waals surface area contributed by atoms with E-state index in [-0.39, 0.29) is 11.7 Å². The zero-order valence-corrected chi connectivity index (χ0v) is 11.6. The van der Waals surface area contributed by atoms with E-state index in [1.54, 1.807) is 13.8 Å².